The number of methoxy groups -OCH3 is 1. The lowest BCUT2D eigenvalue weighted by Gasteiger charge is -2.21. The van der Waals surface area contributed by atoms with Gasteiger partial charge < -0.3 is 9.47 Å². The Balaban J connectivity index is 1.33. The van der Waals surface area contributed by atoms with Crippen LogP contribution in [0, 0.1) is 35.3 Å². The summed E-state index contributed by atoms with van der Waals surface area (Å²) in [4.78, 5) is 0. The van der Waals surface area contributed by atoms with Crippen LogP contribution in [0.3, 0.4) is 0 Å². The van der Waals surface area contributed by atoms with E-state index in [4.69, 9.17) is 9.47 Å². The van der Waals surface area contributed by atoms with Crippen LogP contribution in [0.15, 0.2) is 36.4 Å². The lowest BCUT2D eigenvalue weighted by Crippen LogP contribution is -2.18. The SMILES string of the molecule is CCCCCC1CCC2C(COc3ccc(-c4ccc(OC)c(F)c4F)cc3)CCC12. The van der Waals surface area contributed by atoms with E-state index >= 15 is 0 Å². The van der Waals surface area contributed by atoms with Gasteiger partial charge in [-0.25, -0.2) is 4.39 Å². The molecule has 2 aromatic carbocycles. The molecule has 31 heavy (non-hydrogen) atoms. The molecule has 0 N–H and O–H groups in total. The predicted octanol–water partition coefficient (Wildman–Crippen LogP) is 7.65. The van der Waals surface area contributed by atoms with Gasteiger partial charge in [0.25, 0.3) is 0 Å². The van der Waals surface area contributed by atoms with Crippen LogP contribution < -0.4 is 9.47 Å². The summed E-state index contributed by atoms with van der Waals surface area (Å²) < 4.78 is 39.3. The summed E-state index contributed by atoms with van der Waals surface area (Å²) in [5.41, 5.74) is 0.849. The molecule has 4 atom stereocenters. The standard InChI is InChI=1S/C27H34F2O2/c1-3-4-5-6-18-9-13-23-20(10-14-22(18)23)17-31-21-11-7-19(8-12-21)24-15-16-25(30-2)27(29)26(24)28/h7-8,11-12,15-16,18,20,22-23H,3-6,9-10,13-14,17H2,1-2H3. The molecule has 2 nitrogen and oxygen atoms in total. The Morgan fingerprint density at radius 2 is 1.55 bits per heavy atom. The normalized spacial score (nSPS) is 24.9. The smallest absolute Gasteiger partial charge is 0.201 e. The molecule has 0 spiro atoms. The van der Waals surface area contributed by atoms with Crippen LogP contribution in [-0.4, -0.2) is 13.7 Å². The van der Waals surface area contributed by atoms with Gasteiger partial charge in [0.2, 0.25) is 5.82 Å². The Hall–Kier alpha value is -2.10. The Kier molecular flexibility index (Phi) is 7.14. The van der Waals surface area contributed by atoms with Gasteiger partial charge in [0.1, 0.15) is 5.75 Å². The fraction of sp³-hybridized carbons (Fsp3) is 0.556. The molecule has 4 heteroatoms. The van der Waals surface area contributed by atoms with Crippen LogP contribution in [0.4, 0.5) is 8.78 Å². The second-order valence-corrected chi connectivity index (χ2v) is 9.28. The first-order valence-electron chi connectivity index (χ1n) is 11.9. The van der Waals surface area contributed by atoms with E-state index in [-0.39, 0.29) is 11.3 Å². The predicted molar refractivity (Wildman–Crippen MR) is 120 cm³/mol. The maximum Gasteiger partial charge on any atom is 0.201 e. The molecule has 0 amide bonds. The van der Waals surface area contributed by atoms with Crippen molar-refractivity contribution in [3.63, 3.8) is 0 Å². The number of rotatable bonds is 9. The quantitative estimate of drug-likeness (QED) is 0.382. The lowest BCUT2D eigenvalue weighted by molar-refractivity contribution is 0.201. The third-order valence-corrected chi connectivity index (χ3v) is 7.58. The fourth-order valence-electron chi connectivity index (χ4n) is 5.91. The molecule has 0 saturated heterocycles. The monoisotopic (exact) mass is 428 g/mol. The molecule has 2 fully saturated rings. The van der Waals surface area contributed by atoms with Gasteiger partial charge in [0, 0.05) is 5.56 Å². The molecule has 2 aromatic rings. The van der Waals surface area contributed by atoms with Crippen LogP contribution >= 0.6 is 0 Å². The molecule has 0 heterocycles. The summed E-state index contributed by atoms with van der Waals surface area (Å²) in [6, 6.07) is 10.3. The first-order chi connectivity index (χ1) is 15.1. The Morgan fingerprint density at radius 3 is 2.26 bits per heavy atom. The second kappa shape index (κ2) is 10.0. The molecule has 2 saturated carbocycles. The van der Waals surface area contributed by atoms with Gasteiger partial charge in [-0.3, -0.25) is 0 Å². The molecule has 4 rings (SSSR count). The van der Waals surface area contributed by atoms with Crippen molar-refractivity contribution in [2.75, 3.05) is 13.7 Å². The van der Waals surface area contributed by atoms with Gasteiger partial charge in [-0.1, -0.05) is 44.7 Å². The highest BCUT2D eigenvalue weighted by Gasteiger charge is 2.44. The Morgan fingerprint density at radius 1 is 0.839 bits per heavy atom. The number of hydrogen-bond donors (Lipinski definition) is 0. The van der Waals surface area contributed by atoms with Gasteiger partial charge in [-0.2, -0.15) is 4.39 Å². The minimum atomic E-state index is -0.958. The maximum absolute atomic E-state index is 14.4. The van der Waals surface area contributed by atoms with Crippen molar-refractivity contribution in [2.45, 2.75) is 58.3 Å². The van der Waals surface area contributed by atoms with Crippen LogP contribution in [0.2, 0.25) is 0 Å². The Bertz CT molecular complexity index is 864. The number of fused-ring (bicyclic) bond motifs is 1. The molecule has 0 bridgehead atoms. The number of unbranched alkanes of at least 4 members (excludes halogenated alkanes) is 2. The van der Waals surface area contributed by atoms with E-state index in [0.717, 1.165) is 30.1 Å². The van der Waals surface area contributed by atoms with Gasteiger partial charge in [-0.15, -0.1) is 0 Å². The van der Waals surface area contributed by atoms with Crippen molar-refractivity contribution in [2.24, 2.45) is 23.7 Å². The number of benzene rings is 2. The van der Waals surface area contributed by atoms with Crippen LogP contribution in [-0.2, 0) is 0 Å². The molecule has 0 radical (unpaired) electrons. The third kappa shape index (κ3) is 4.73. The zero-order chi connectivity index (χ0) is 21.8. The summed E-state index contributed by atoms with van der Waals surface area (Å²) in [5.74, 6) is 2.16. The summed E-state index contributed by atoms with van der Waals surface area (Å²) in [5, 5.41) is 0. The maximum atomic E-state index is 14.4. The summed E-state index contributed by atoms with van der Waals surface area (Å²) >= 11 is 0. The summed E-state index contributed by atoms with van der Waals surface area (Å²) in [6.45, 7) is 3.03. The van der Waals surface area contributed by atoms with Crippen molar-refractivity contribution >= 4 is 0 Å². The van der Waals surface area contributed by atoms with E-state index in [9.17, 15) is 8.78 Å². The van der Waals surface area contributed by atoms with E-state index in [1.165, 1.54) is 64.5 Å². The van der Waals surface area contributed by atoms with Crippen molar-refractivity contribution < 1.29 is 18.3 Å². The number of halogens is 2. The first kappa shape index (κ1) is 22.1. The van der Waals surface area contributed by atoms with Gasteiger partial charge >= 0.3 is 0 Å². The third-order valence-electron chi connectivity index (χ3n) is 7.58. The molecule has 0 aromatic heterocycles. The van der Waals surface area contributed by atoms with Crippen molar-refractivity contribution in [1.82, 2.24) is 0 Å². The van der Waals surface area contributed by atoms with Crippen molar-refractivity contribution in [1.29, 1.82) is 0 Å². The molecule has 2 aliphatic rings. The van der Waals surface area contributed by atoms with Crippen LogP contribution in [0.1, 0.15) is 58.3 Å². The summed E-state index contributed by atoms with van der Waals surface area (Å²) in [6.07, 6.45) is 10.8. The van der Waals surface area contributed by atoms with E-state index < -0.39 is 11.6 Å². The molecule has 2 aliphatic carbocycles. The zero-order valence-electron chi connectivity index (χ0n) is 18.7. The average molecular weight is 429 g/mol. The van der Waals surface area contributed by atoms with Crippen LogP contribution in [0.5, 0.6) is 11.5 Å². The minimum absolute atomic E-state index is 0.0874. The van der Waals surface area contributed by atoms with Crippen LogP contribution in [0.25, 0.3) is 11.1 Å². The van der Waals surface area contributed by atoms with Gasteiger partial charge in [0.15, 0.2) is 11.6 Å². The van der Waals surface area contributed by atoms with Gasteiger partial charge in [0.05, 0.1) is 13.7 Å². The molecule has 0 aliphatic heterocycles. The number of ether oxygens (including phenoxy) is 2. The molecular formula is C27H34F2O2. The second-order valence-electron chi connectivity index (χ2n) is 9.28. The van der Waals surface area contributed by atoms with E-state index in [0.29, 0.717) is 11.5 Å². The van der Waals surface area contributed by atoms with Crippen molar-refractivity contribution in [3.05, 3.63) is 48.0 Å². The number of hydrogen-bond acceptors (Lipinski definition) is 2. The fourth-order valence-corrected chi connectivity index (χ4v) is 5.91. The lowest BCUT2D eigenvalue weighted by atomic mass is 9.86. The molecular weight excluding hydrogens is 394 g/mol. The highest BCUT2D eigenvalue weighted by Crippen LogP contribution is 2.52. The highest BCUT2D eigenvalue weighted by molar-refractivity contribution is 5.66. The minimum Gasteiger partial charge on any atom is -0.494 e. The Labute approximate surface area is 185 Å². The van der Waals surface area contributed by atoms with Crippen molar-refractivity contribution in [3.8, 4) is 22.6 Å². The van der Waals surface area contributed by atoms with Gasteiger partial charge in [-0.05, 0) is 79.2 Å². The average Bonchev–Trinajstić information content (AvgIpc) is 3.38. The first-order valence-corrected chi connectivity index (χ1v) is 11.9. The highest BCUT2D eigenvalue weighted by atomic mass is 19.2. The topological polar surface area (TPSA) is 18.5 Å². The van der Waals surface area contributed by atoms with E-state index in [1.54, 1.807) is 18.2 Å². The molecule has 4 unspecified atom stereocenters. The van der Waals surface area contributed by atoms with E-state index in [2.05, 4.69) is 6.92 Å². The summed E-state index contributed by atoms with van der Waals surface area (Å²) in [7, 11) is 1.33. The zero-order valence-corrected chi connectivity index (χ0v) is 18.7. The largest absolute Gasteiger partial charge is 0.494 e. The van der Waals surface area contributed by atoms with E-state index in [1.807, 2.05) is 12.1 Å². The molecule has 168 valence electrons.